The molecule has 8 nitrogen and oxygen atoms in total. The molecule has 0 aliphatic heterocycles. The third kappa shape index (κ3) is 5.16. The van der Waals surface area contributed by atoms with Crippen LogP contribution >= 0.6 is 0 Å². The van der Waals surface area contributed by atoms with Crippen LogP contribution in [0, 0.1) is 0 Å². The van der Waals surface area contributed by atoms with E-state index in [0.29, 0.717) is 29.3 Å². The van der Waals surface area contributed by atoms with Crippen LogP contribution in [0.4, 0.5) is 16.3 Å². The Morgan fingerprint density at radius 1 is 1.19 bits per heavy atom. The van der Waals surface area contributed by atoms with Gasteiger partial charge in [0, 0.05) is 23.9 Å². The molecule has 0 unspecified atom stereocenters. The molecule has 0 aliphatic rings. The second-order valence-electron chi connectivity index (χ2n) is 6.03. The van der Waals surface area contributed by atoms with Crippen molar-refractivity contribution in [1.29, 1.82) is 0 Å². The number of carbonyl (C=O) groups excluding carboxylic acids is 1. The van der Waals surface area contributed by atoms with E-state index in [1.807, 2.05) is 6.92 Å². The van der Waals surface area contributed by atoms with E-state index in [1.165, 1.54) is 6.07 Å². The summed E-state index contributed by atoms with van der Waals surface area (Å²) in [5.74, 6) is 0.346. The highest BCUT2D eigenvalue weighted by atomic mass is 32.2. The molecule has 2 aromatic rings. The van der Waals surface area contributed by atoms with E-state index >= 15 is 0 Å². The maximum Gasteiger partial charge on any atom is 0.319 e. The van der Waals surface area contributed by atoms with Gasteiger partial charge in [0.25, 0.3) is 0 Å². The summed E-state index contributed by atoms with van der Waals surface area (Å²) in [6.07, 6.45) is 0. The van der Waals surface area contributed by atoms with Gasteiger partial charge in [-0.3, -0.25) is 0 Å². The molecule has 0 saturated carbocycles. The quantitative estimate of drug-likeness (QED) is 0.708. The summed E-state index contributed by atoms with van der Waals surface area (Å²) in [6, 6.07) is 8.06. The molecule has 1 heterocycles. The van der Waals surface area contributed by atoms with Crippen molar-refractivity contribution in [1.82, 2.24) is 15.3 Å². The molecule has 0 saturated heterocycles. The van der Waals surface area contributed by atoms with Gasteiger partial charge in [0.15, 0.2) is 15.7 Å². The fourth-order valence-electron chi connectivity index (χ4n) is 2.13. The number of carbonyl (C=O) groups is 1. The van der Waals surface area contributed by atoms with Gasteiger partial charge < -0.3 is 16.4 Å². The van der Waals surface area contributed by atoms with Gasteiger partial charge in [0.1, 0.15) is 5.82 Å². The summed E-state index contributed by atoms with van der Waals surface area (Å²) in [5.41, 5.74) is 7.45. The molecule has 0 fully saturated rings. The molecule has 2 rings (SSSR count). The third-order valence-corrected chi connectivity index (χ3v) is 5.74. The summed E-state index contributed by atoms with van der Waals surface area (Å²) >= 11 is 0. The number of nitrogen functional groups attached to an aromatic ring is 1. The molecule has 0 atom stereocenters. The van der Waals surface area contributed by atoms with Crippen LogP contribution in [0.25, 0.3) is 11.4 Å². The summed E-state index contributed by atoms with van der Waals surface area (Å²) in [4.78, 5) is 20.0. The highest BCUT2D eigenvalue weighted by Crippen LogP contribution is 2.21. The van der Waals surface area contributed by atoms with E-state index < -0.39 is 15.1 Å². The highest BCUT2D eigenvalue weighted by Gasteiger charge is 2.19. The number of hydrogen-bond acceptors (Lipinski definition) is 6. The molecule has 0 bridgehead atoms. The molecule has 0 aliphatic carbocycles. The van der Waals surface area contributed by atoms with E-state index in [9.17, 15) is 13.2 Å². The van der Waals surface area contributed by atoms with Gasteiger partial charge in [-0.2, -0.15) is 0 Å². The van der Waals surface area contributed by atoms with E-state index in [2.05, 4.69) is 20.6 Å². The fraction of sp³-hybridized carbons (Fsp3) is 0.353. The van der Waals surface area contributed by atoms with Crippen LogP contribution in [0.3, 0.4) is 0 Å². The maximum atomic E-state index is 12.1. The van der Waals surface area contributed by atoms with Crippen molar-refractivity contribution < 1.29 is 13.2 Å². The van der Waals surface area contributed by atoms with Crippen LogP contribution in [0.5, 0.6) is 0 Å². The first-order valence-corrected chi connectivity index (χ1v) is 9.93. The lowest BCUT2D eigenvalue weighted by Gasteiger charge is -2.10. The Morgan fingerprint density at radius 2 is 1.85 bits per heavy atom. The summed E-state index contributed by atoms with van der Waals surface area (Å²) < 4.78 is 24.2. The molecular formula is C17H23N5O3S. The van der Waals surface area contributed by atoms with Gasteiger partial charge in [-0.05, 0) is 45.0 Å². The molecule has 4 N–H and O–H groups in total. The standard InChI is InChI=1S/C17H23N5O3S/c1-4-19-17(23)21-13-7-5-12(6-8-13)16-20-14(9-15(18)22-16)10-26(24,25)11(2)3/h5-9,11H,4,10H2,1-3H3,(H2,18,20,22)(H2,19,21,23). The van der Waals surface area contributed by atoms with Crippen molar-refractivity contribution in [2.24, 2.45) is 0 Å². The number of aromatic nitrogens is 2. The molecule has 26 heavy (non-hydrogen) atoms. The van der Waals surface area contributed by atoms with Crippen molar-refractivity contribution >= 4 is 27.4 Å². The summed E-state index contributed by atoms with van der Waals surface area (Å²) in [6.45, 7) is 5.61. The monoisotopic (exact) mass is 377 g/mol. The van der Waals surface area contributed by atoms with E-state index in [1.54, 1.807) is 38.1 Å². The number of urea groups is 1. The predicted molar refractivity (Wildman–Crippen MR) is 102 cm³/mol. The molecule has 0 spiro atoms. The first kappa shape index (κ1) is 19.6. The molecule has 2 amide bonds. The fourth-order valence-corrected chi connectivity index (χ4v) is 3.03. The number of amides is 2. The number of benzene rings is 1. The lowest BCUT2D eigenvalue weighted by Crippen LogP contribution is -2.28. The van der Waals surface area contributed by atoms with Gasteiger partial charge in [0.05, 0.1) is 16.7 Å². The van der Waals surface area contributed by atoms with Crippen LogP contribution in [0.15, 0.2) is 30.3 Å². The SMILES string of the molecule is CCNC(=O)Nc1ccc(-c2nc(N)cc(CS(=O)(=O)C(C)C)n2)cc1. The van der Waals surface area contributed by atoms with E-state index in [-0.39, 0.29) is 17.6 Å². The second kappa shape index (κ2) is 8.13. The van der Waals surface area contributed by atoms with Gasteiger partial charge in [-0.1, -0.05) is 0 Å². The molecule has 0 radical (unpaired) electrons. The number of rotatable bonds is 6. The van der Waals surface area contributed by atoms with Gasteiger partial charge in [-0.25, -0.2) is 23.2 Å². The Bertz CT molecular complexity index is 880. The number of hydrogen-bond donors (Lipinski definition) is 3. The minimum Gasteiger partial charge on any atom is -0.384 e. The zero-order valence-electron chi connectivity index (χ0n) is 15.0. The van der Waals surface area contributed by atoms with Crippen LogP contribution < -0.4 is 16.4 Å². The molecule has 1 aromatic carbocycles. The Hall–Kier alpha value is -2.68. The van der Waals surface area contributed by atoms with Crippen molar-refractivity contribution in [2.75, 3.05) is 17.6 Å². The van der Waals surface area contributed by atoms with Crippen LogP contribution in [0.2, 0.25) is 0 Å². The van der Waals surface area contributed by atoms with Gasteiger partial charge >= 0.3 is 6.03 Å². The van der Waals surface area contributed by atoms with E-state index in [0.717, 1.165) is 0 Å². The number of nitrogens with zero attached hydrogens (tertiary/aromatic N) is 2. The zero-order valence-corrected chi connectivity index (χ0v) is 15.8. The Balaban J connectivity index is 2.24. The molecular weight excluding hydrogens is 354 g/mol. The summed E-state index contributed by atoms with van der Waals surface area (Å²) in [5, 5.41) is 4.83. The van der Waals surface area contributed by atoms with Gasteiger partial charge in [-0.15, -0.1) is 0 Å². The summed E-state index contributed by atoms with van der Waals surface area (Å²) in [7, 11) is -3.29. The third-order valence-electron chi connectivity index (χ3n) is 3.60. The normalized spacial score (nSPS) is 11.4. The first-order chi connectivity index (χ1) is 12.2. The smallest absolute Gasteiger partial charge is 0.319 e. The molecule has 140 valence electrons. The minimum absolute atomic E-state index is 0.193. The lowest BCUT2D eigenvalue weighted by molar-refractivity contribution is 0.252. The number of nitrogens with two attached hydrogens (primary N) is 1. The van der Waals surface area contributed by atoms with Crippen molar-refractivity contribution in [3.8, 4) is 11.4 Å². The predicted octanol–water partition coefficient (Wildman–Crippen LogP) is 2.19. The first-order valence-electron chi connectivity index (χ1n) is 8.21. The van der Waals surface area contributed by atoms with Crippen molar-refractivity contribution in [3.05, 3.63) is 36.0 Å². The van der Waals surface area contributed by atoms with Crippen LogP contribution in [-0.4, -0.2) is 36.2 Å². The zero-order chi connectivity index (χ0) is 19.3. The largest absolute Gasteiger partial charge is 0.384 e. The average Bonchev–Trinajstić information content (AvgIpc) is 2.54. The maximum absolute atomic E-state index is 12.1. The Morgan fingerprint density at radius 3 is 2.42 bits per heavy atom. The Labute approximate surface area is 153 Å². The average molecular weight is 377 g/mol. The van der Waals surface area contributed by atoms with Crippen molar-refractivity contribution in [3.63, 3.8) is 0 Å². The van der Waals surface area contributed by atoms with E-state index in [4.69, 9.17) is 5.73 Å². The second-order valence-corrected chi connectivity index (χ2v) is 8.58. The van der Waals surface area contributed by atoms with Crippen molar-refractivity contribution in [2.45, 2.75) is 31.8 Å². The topological polar surface area (TPSA) is 127 Å². The number of sulfone groups is 1. The minimum atomic E-state index is -3.29. The number of nitrogens with one attached hydrogen (secondary N) is 2. The number of anilines is 2. The molecule has 1 aromatic heterocycles. The van der Waals surface area contributed by atoms with Crippen LogP contribution in [-0.2, 0) is 15.6 Å². The van der Waals surface area contributed by atoms with Crippen LogP contribution in [0.1, 0.15) is 26.5 Å². The lowest BCUT2D eigenvalue weighted by atomic mass is 10.2. The Kier molecular flexibility index (Phi) is 6.14. The molecule has 9 heteroatoms. The van der Waals surface area contributed by atoms with Gasteiger partial charge in [0.2, 0.25) is 0 Å². The highest BCUT2D eigenvalue weighted by molar-refractivity contribution is 7.91.